The molecule has 0 radical (unpaired) electrons. The fraction of sp³-hybridized carbons (Fsp3) is 0.269. The Morgan fingerprint density at radius 2 is 1.68 bits per heavy atom. The minimum absolute atomic E-state index is 0. The summed E-state index contributed by atoms with van der Waals surface area (Å²) < 4.78 is 7.32. The molecular formula is C26H29Cl4N5O2. The van der Waals surface area contributed by atoms with Gasteiger partial charge in [-0.3, -0.25) is 9.36 Å². The van der Waals surface area contributed by atoms with Crippen LogP contribution in [0, 0.1) is 0 Å². The maximum absolute atomic E-state index is 13.1. The number of aryl methyl sites for hydroxylation is 1. The van der Waals surface area contributed by atoms with Gasteiger partial charge in [-0.1, -0.05) is 43.1 Å². The van der Waals surface area contributed by atoms with Gasteiger partial charge in [0.2, 0.25) is 5.95 Å². The first-order valence-corrected chi connectivity index (χ1v) is 12.2. The van der Waals surface area contributed by atoms with E-state index in [1.165, 1.54) is 4.57 Å². The minimum Gasteiger partial charge on any atom is -0.492 e. The lowest BCUT2D eigenvalue weighted by molar-refractivity contribution is 0.223. The van der Waals surface area contributed by atoms with Gasteiger partial charge in [-0.05, 0) is 55.6 Å². The van der Waals surface area contributed by atoms with Crippen molar-refractivity contribution in [2.45, 2.75) is 13.8 Å². The van der Waals surface area contributed by atoms with Crippen molar-refractivity contribution in [1.82, 2.24) is 19.4 Å². The van der Waals surface area contributed by atoms with E-state index in [4.69, 9.17) is 27.9 Å². The normalized spacial score (nSPS) is 10.6. The van der Waals surface area contributed by atoms with Gasteiger partial charge in [0.25, 0.3) is 5.56 Å². The smallest absolute Gasteiger partial charge is 0.259 e. The molecule has 0 unspecified atom stereocenters. The molecule has 0 aliphatic rings. The molecule has 1 N–H and O–H groups in total. The molecule has 0 saturated carbocycles. The molecule has 11 heteroatoms. The van der Waals surface area contributed by atoms with Crippen molar-refractivity contribution in [2.75, 3.05) is 31.6 Å². The molecule has 0 amide bonds. The van der Waals surface area contributed by atoms with Crippen LogP contribution in [0.2, 0.25) is 10.0 Å². The number of likely N-dealkylation sites (N-methyl/N-ethyl adjacent to an activating group) is 1. The number of anilines is 2. The molecule has 4 aromatic rings. The average Bonchev–Trinajstić information content (AvgIpc) is 2.86. The molecule has 0 fully saturated rings. The van der Waals surface area contributed by atoms with Crippen LogP contribution in [0.15, 0.2) is 59.5 Å². The summed E-state index contributed by atoms with van der Waals surface area (Å²) in [5.74, 6) is 1.18. The van der Waals surface area contributed by atoms with Gasteiger partial charge >= 0.3 is 0 Å². The number of nitrogens with zero attached hydrogens (tertiary/aromatic N) is 4. The van der Waals surface area contributed by atoms with Crippen LogP contribution in [-0.2, 0) is 7.05 Å². The Bertz CT molecular complexity index is 1370. The predicted octanol–water partition coefficient (Wildman–Crippen LogP) is 6.61. The van der Waals surface area contributed by atoms with E-state index in [-0.39, 0.29) is 30.4 Å². The van der Waals surface area contributed by atoms with Gasteiger partial charge in [0.15, 0.2) is 0 Å². The fourth-order valence-corrected chi connectivity index (χ4v) is 4.44. The molecule has 0 spiro atoms. The van der Waals surface area contributed by atoms with Crippen molar-refractivity contribution in [2.24, 2.45) is 7.05 Å². The number of pyridine rings is 1. The van der Waals surface area contributed by atoms with Crippen molar-refractivity contribution in [3.05, 3.63) is 75.1 Å². The molecule has 0 bridgehead atoms. The first-order valence-electron chi connectivity index (χ1n) is 11.4. The Morgan fingerprint density at radius 3 is 2.30 bits per heavy atom. The second-order valence-corrected chi connectivity index (χ2v) is 8.83. The standard InChI is InChI=1S/C26H27Cl2N5O2.2ClH/c1-4-33(5-2)13-14-35-19-11-9-18(10-12-19)30-26-29-16-17-15-20(25(34)32(3)24(17)31-26)23-21(27)7-6-8-22(23)28;;/h6-12,15-16H,4-5,13-14H2,1-3H3,(H,29,30,31);2*1H. The molecule has 198 valence electrons. The maximum atomic E-state index is 13.1. The Balaban J connectivity index is 0.00000241. The van der Waals surface area contributed by atoms with Gasteiger partial charge in [-0.25, -0.2) is 4.98 Å². The summed E-state index contributed by atoms with van der Waals surface area (Å²) in [7, 11) is 1.67. The van der Waals surface area contributed by atoms with Gasteiger partial charge in [0, 0.05) is 36.4 Å². The van der Waals surface area contributed by atoms with Crippen molar-refractivity contribution in [1.29, 1.82) is 0 Å². The van der Waals surface area contributed by atoms with Crippen LogP contribution in [0.1, 0.15) is 13.8 Å². The second-order valence-electron chi connectivity index (χ2n) is 8.02. The van der Waals surface area contributed by atoms with Crippen molar-refractivity contribution in [3.63, 3.8) is 0 Å². The van der Waals surface area contributed by atoms with Gasteiger partial charge in [-0.15, -0.1) is 24.8 Å². The molecule has 0 aliphatic carbocycles. The highest BCUT2D eigenvalue weighted by molar-refractivity contribution is 6.39. The van der Waals surface area contributed by atoms with E-state index in [0.717, 1.165) is 31.1 Å². The number of hydrogen-bond donors (Lipinski definition) is 1. The van der Waals surface area contributed by atoms with Crippen LogP contribution in [-0.4, -0.2) is 45.7 Å². The lowest BCUT2D eigenvalue weighted by atomic mass is 10.1. The van der Waals surface area contributed by atoms with Crippen LogP contribution >= 0.6 is 48.0 Å². The summed E-state index contributed by atoms with van der Waals surface area (Å²) in [6, 6.07) is 14.5. The molecular weight excluding hydrogens is 556 g/mol. The molecule has 7 nitrogen and oxygen atoms in total. The zero-order valence-electron chi connectivity index (χ0n) is 20.7. The summed E-state index contributed by atoms with van der Waals surface area (Å²) >= 11 is 12.7. The molecule has 0 aliphatic heterocycles. The highest BCUT2D eigenvalue weighted by Crippen LogP contribution is 2.33. The van der Waals surface area contributed by atoms with E-state index >= 15 is 0 Å². The number of rotatable bonds is 9. The van der Waals surface area contributed by atoms with Crippen LogP contribution in [0.25, 0.3) is 22.2 Å². The number of hydrogen-bond acceptors (Lipinski definition) is 6. The third-order valence-corrected chi connectivity index (χ3v) is 6.49. The molecule has 2 heterocycles. The van der Waals surface area contributed by atoms with E-state index in [0.29, 0.717) is 44.8 Å². The number of benzene rings is 2. The van der Waals surface area contributed by atoms with Crippen LogP contribution in [0.3, 0.4) is 0 Å². The van der Waals surface area contributed by atoms with E-state index in [1.807, 2.05) is 24.3 Å². The van der Waals surface area contributed by atoms with Crippen LogP contribution in [0.4, 0.5) is 11.6 Å². The number of aromatic nitrogens is 3. The first kappa shape index (κ1) is 30.7. The first-order chi connectivity index (χ1) is 16.9. The molecule has 0 atom stereocenters. The van der Waals surface area contributed by atoms with Crippen molar-refractivity contribution >= 4 is 70.7 Å². The molecule has 2 aromatic heterocycles. The minimum atomic E-state index is -0.247. The average molecular weight is 585 g/mol. The quantitative estimate of drug-likeness (QED) is 0.239. The maximum Gasteiger partial charge on any atom is 0.259 e. The zero-order valence-corrected chi connectivity index (χ0v) is 23.8. The van der Waals surface area contributed by atoms with E-state index in [2.05, 4.69) is 34.0 Å². The predicted molar refractivity (Wildman–Crippen MR) is 158 cm³/mol. The van der Waals surface area contributed by atoms with Crippen LogP contribution < -0.4 is 15.6 Å². The Kier molecular flexibility index (Phi) is 11.5. The van der Waals surface area contributed by atoms with Gasteiger partial charge in [-0.2, -0.15) is 4.98 Å². The number of halogens is 4. The van der Waals surface area contributed by atoms with Gasteiger partial charge < -0.3 is 15.0 Å². The summed E-state index contributed by atoms with van der Waals surface area (Å²) in [4.78, 5) is 24.4. The third kappa shape index (κ3) is 7.06. The Labute approximate surface area is 238 Å². The fourth-order valence-electron chi connectivity index (χ4n) is 3.84. The Hall–Kier alpha value is -2.55. The zero-order chi connectivity index (χ0) is 24.9. The number of fused-ring (bicyclic) bond motifs is 1. The highest BCUT2D eigenvalue weighted by Gasteiger charge is 2.16. The number of nitrogens with one attached hydrogen (secondary N) is 1. The number of ether oxygens (including phenoxy) is 1. The summed E-state index contributed by atoms with van der Waals surface area (Å²) in [6.07, 6.45) is 1.67. The Morgan fingerprint density at radius 1 is 1.03 bits per heavy atom. The lowest BCUT2D eigenvalue weighted by Crippen LogP contribution is -2.27. The third-order valence-electron chi connectivity index (χ3n) is 5.86. The molecule has 0 saturated heterocycles. The van der Waals surface area contributed by atoms with E-state index in [9.17, 15) is 4.79 Å². The van der Waals surface area contributed by atoms with Gasteiger partial charge in [0.1, 0.15) is 18.0 Å². The molecule has 4 rings (SSSR count). The SMILES string of the molecule is CCN(CC)CCOc1ccc(Nc2ncc3cc(-c4c(Cl)cccc4Cl)c(=O)n(C)c3n2)cc1.Cl.Cl. The monoisotopic (exact) mass is 583 g/mol. The van der Waals surface area contributed by atoms with E-state index in [1.54, 1.807) is 37.5 Å². The second kappa shape index (κ2) is 13.8. The van der Waals surface area contributed by atoms with Crippen LogP contribution in [0.5, 0.6) is 5.75 Å². The van der Waals surface area contributed by atoms with Gasteiger partial charge in [0.05, 0.1) is 15.6 Å². The van der Waals surface area contributed by atoms with Crippen molar-refractivity contribution in [3.8, 4) is 16.9 Å². The summed E-state index contributed by atoms with van der Waals surface area (Å²) in [5.41, 5.74) is 1.96. The summed E-state index contributed by atoms with van der Waals surface area (Å²) in [6.45, 7) is 7.83. The molecule has 37 heavy (non-hydrogen) atoms. The van der Waals surface area contributed by atoms with E-state index < -0.39 is 0 Å². The lowest BCUT2D eigenvalue weighted by Gasteiger charge is -2.18. The summed E-state index contributed by atoms with van der Waals surface area (Å²) in [5, 5.41) is 4.70. The van der Waals surface area contributed by atoms with Crippen molar-refractivity contribution < 1.29 is 4.74 Å². The topological polar surface area (TPSA) is 72.3 Å². The molecule has 2 aromatic carbocycles. The largest absolute Gasteiger partial charge is 0.492 e. The highest BCUT2D eigenvalue weighted by atomic mass is 35.5.